The quantitative estimate of drug-likeness (QED) is 0.120. The number of alkyl carbamates (subject to hydrolysis) is 1. The lowest BCUT2D eigenvalue weighted by molar-refractivity contribution is -0.265. The van der Waals surface area contributed by atoms with Crippen molar-refractivity contribution >= 4 is 35.3 Å². The van der Waals surface area contributed by atoms with Crippen LogP contribution in [0.1, 0.15) is 137 Å². The Kier molecular flexibility index (Phi) is 24.0. The van der Waals surface area contributed by atoms with Crippen LogP contribution in [0.2, 0.25) is 0 Å². The summed E-state index contributed by atoms with van der Waals surface area (Å²) in [7, 11) is 4.46. The molecule has 17 nitrogen and oxygen atoms in total. The molecule has 1 aliphatic carbocycles. The summed E-state index contributed by atoms with van der Waals surface area (Å²) in [6.45, 7) is 12.6. The number of carbonyl (C=O) groups is 6. The second-order valence-electron chi connectivity index (χ2n) is 22.1. The number of esters is 1. The van der Waals surface area contributed by atoms with Crippen LogP contribution in [0.25, 0.3) is 0 Å². The number of Topliss-reactive ketones (excluding diaryl/α,β-unsaturated/α-hetero) is 3. The molecule has 17 heteroatoms. The number of ketones is 3. The molecular formula is C60H85N3O14. The van der Waals surface area contributed by atoms with Crippen molar-refractivity contribution in [3.63, 3.8) is 0 Å². The summed E-state index contributed by atoms with van der Waals surface area (Å²) in [5.74, 6) is -8.57. The van der Waals surface area contributed by atoms with Gasteiger partial charge in [-0.15, -0.1) is 0 Å². The number of piperidine rings is 1. The SMILES string of the molecule is COC1CC2CC[C@@H](C)[C@@](O)(O2)C(=O)C(=O)N2CCCC[C@H]2C(=O)OC(C(C)CC2CC[C@@H](OC(=O)NC(C#N)c3ccccc3)C(OC)C2)CC(=O)C(C)/C=C(\C)[C@@H](O)C(OC)C(=O)[C@H](C)CC(C)\C=C/C=C/C=C/1C. The van der Waals surface area contributed by atoms with E-state index in [-0.39, 0.29) is 42.8 Å². The normalized spacial score (nSPS) is 36.1. The number of aliphatic hydroxyl groups is 2. The van der Waals surface area contributed by atoms with E-state index in [9.17, 15) is 44.2 Å². The number of hydrogen-bond acceptors (Lipinski definition) is 15. The summed E-state index contributed by atoms with van der Waals surface area (Å²) in [6, 6.07) is 8.81. The highest BCUT2D eigenvalue weighted by Crippen LogP contribution is 2.38. The van der Waals surface area contributed by atoms with Crippen molar-refractivity contribution in [3.8, 4) is 6.07 Å². The molecule has 424 valence electrons. The van der Waals surface area contributed by atoms with E-state index < -0.39 is 108 Å². The van der Waals surface area contributed by atoms with Crippen molar-refractivity contribution in [2.45, 2.75) is 186 Å². The molecule has 1 aromatic carbocycles. The summed E-state index contributed by atoms with van der Waals surface area (Å²) in [5.41, 5.74) is 1.83. The third-order valence-electron chi connectivity index (χ3n) is 16.2. The molecule has 4 aliphatic rings. The molecule has 3 heterocycles. The van der Waals surface area contributed by atoms with Crippen molar-refractivity contribution in [2.75, 3.05) is 27.9 Å². The Morgan fingerprint density at radius 1 is 0.883 bits per heavy atom. The fourth-order valence-corrected chi connectivity index (χ4v) is 11.4. The lowest BCUT2D eigenvalue weighted by atomic mass is 9.78. The van der Waals surface area contributed by atoms with Gasteiger partial charge in [0.15, 0.2) is 5.78 Å². The highest BCUT2D eigenvalue weighted by atomic mass is 16.6. The maximum absolute atomic E-state index is 14.6. The Hall–Kier alpha value is -5.35. The van der Waals surface area contributed by atoms with Gasteiger partial charge >= 0.3 is 12.1 Å². The van der Waals surface area contributed by atoms with Crippen LogP contribution in [0, 0.1) is 46.8 Å². The molecule has 2 bridgehead atoms. The summed E-state index contributed by atoms with van der Waals surface area (Å²) in [6.07, 6.45) is 9.19. The van der Waals surface area contributed by atoms with E-state index in [0.717, 1.165) is 5.57 Å². The zero-order valence-corrected chi connectivity index (χ0v) is 46.9. The average Bonchev–Trinajstić information content (AvgIpc) is 3.42. The monoisotopic (exact) mass is 1070 g/mol. The highest BCUT2D eigenvalue weighted by molar-refractivity contribution is 6.39. The topological polar surface area (TPSA) is 237 Å². The number of amides is 2. The molecule has 0 spiro atoms. The number of nitrogens with zero attached hydrogens (tertiary/aromatic N) is 2. The Labute approximate surface area is 455 Å². The third kappa shape index (κ3) is 16.8. The summed E-state index contributed by atoms with van der Waals surface area (Å²) in [5, 5.41) is 36.0. The Morgan fingerprint density at radius 3 is 2.29 bits per heavy atom. The fourth-order valence-electron chi connectivity index (χ4n) is 11.4. The van der Waals surface area contributed by atoms with E-state index in [1.54, 1.807) is 65.1 Å². The smallest absolute Gasteiger partial charge is 0.408 e. The van der Waals surface area contributed by atoms with Crippen molar-refractivity contribution in [1.29, 1.82) is 5.26 Å². The predicted molar refractivity (Wildman–Crippen MR) is 287 cm³/mol. The minimum absolute atomic E-state index is 0.00646. The molecule has 77 heavy (non-hydrogen) atoms. The van der Waals surface area contributed by atoms with Crippen LogP contribution in [-0.4, -0.2) is 133 Å². The Balaban J connectivity index is 1.42. The number of ether oxygens (including phenoxy) is 6. The minimum atomic E-state index is -2.47. The molecule has 0 aromatic heterocycles. The first-order valence-corrected chi connectivity index (χ1v) is 27.6. The lowest BCUT2D eigenvalue weighted by Gasteiger charge is -2.42. The van der Waals surface area contributed by atoms with Gasteiger partial charge in [-0.2, -0.15) is 5.26 Å². The number of benzene rings is 1. The molecule has 1 saturated carbocycles. The summed E-state index contributed by atoms with van der Waals surface area (Å²) >= 11 is 0. The van der Waals surface area contributed by atoms with E-state index in [4.69, 9.17) is 28.4 Å². The largest absolute Gasteiger partial charge is 0.460 e. The number of nitriles is 1. The van der Waals surface area contributed by atoms with Gasteiger partial charge in [-0.3, -0.25) is 19.2 Å². The van der Waals surface area contributed by atoms with E-state index in [1.165, 1.54) is 19.1 Å². The zero-order valence-electron chi connectivity index (χ0n) is 46.9. The van der Waals surface area contributed by atoms with Crippen LogP contribution in [-0.2, 0) is 52.4 Å². The van der Waals surface area contributed by atoms with E-state index in [2.05, 4.69) is 11.4 Å². The molecular weight excluding hydrogens is 987 g/mol. The van der Waals surface area contributed by atoms with Gasteiger partial charge in [0, 0.05) is 58.5 Å². The molecule has 3 N–H and O–H groups in total. The fraction of sp³-hybridized carbons (Fsp3) is 0.650. The van der Waals surface area contributed by atoms with Crippen molar-refractivity contribution in [1.82, 2.24) is 10.2 Å². The number of nitrogens with one attached hydrogen (secondary N) is 1. The number of allylic oxidation sites excluding steroid dienone is 6. The van der Waals surface area contributed by atoms with Crippen LogP contribution in [0.15, 0.2) is 77.9 Å². The second kappa shape index (κ2) is 29.6. The van der Waals surface area contributed by atoms with E-state index >= 15 is 0 Å². The van der Waals surface area contributed by atoms with E-state index in [1.807, 2.05) is 57.2 Å². The van der Waals surface area contributed by atoms with Gasteiger partial charge < -0.3 is 48.9 Å². The summed E-state index contributed by atoms with van der Waals surface area (Å²) in [4.78, 5) is 85.8. The Morgan fingerprint density at radius 2 is 1.61 bits per heavy atom. The molecule has 0 radical (unpaired) electrons. The van der Waals surface area contributed by atoms with Gasteiger partial charge in [0.05, 0.1) is 24.4 Å². The number of hydrogen-bond donors (Lipinski definition) is 3. The first-order valence-electron chi connectivity index (χ1n) is 27.6. The number of aliphatic hydroxyl groups excluding tert-OH is 1. The van der Waals surface area contributed by atoms with Crippen LogP contribution in [0.3, 0.4) is 0 Å². The van der Waals surface area contributed by atoms with Gasteiger partial charge in [0.2, 0.25) is 5.79 Å². The Bertz CT molecular complexity index is 2340. The predicted octanol–water partition coefficient (Wildman–Crippen LogP) is 8.18. The van der Waals surface area contributed by atoms with Crippen LogP contribution < -0.4 is 5.32 Å². The summed E-state index contributed by atoms with van der Waals surface area (Å²) < 4.78 is 35.6. The number of cyclic esters (lactones) is 1. The molecule has 3 fully saturated rings. The van der Waals surface area contributed by atoms with Gasteiger partial charge in [0.1, 0.15) is 42.3 Å². The number of fused-ring (bicyclic) bond motifs is 3. The van der Waals surface area contributed by atoms with Crippen molar-refractivity contribution < 1.29 is 67.4 Å². The van der Waals surface area contributed by atoms with Gasteiger partial charge in [0.25, 0.3) is 11.7 Å². The molecule has 16 atom stereocenters. The molecule has 1 aromatic rings. The van der Waals surface area contributed by atoms with Gasteiger partial charge in [-0.25, -0.2) is 9.59 Å². The molecule has 5 rings (SSSR count). The van der Waals surface area contributed by atoms with Crippen molar-refractivity contribution in [2.24, 2.45) is 35.5 Å². The minimum Gasteiger partial charge on any atom is -0.460 e. The zero-order chi connectivity index (χ0) is 56.6. The maximum Gasteiger partial charge on any atom is 0.408 e. The molecule has 2 amide bonds. The first-order chi connectivity index (χ1) is 36.6. The lowest BCUT2D eigenvalue weighted by Crippen LogP contribution is -2.61. The molecule has 2 saturated heterocycles. The van der Waals surface area contributed by atoms with Crippen LogP contribution in [0.5, 0.6) is 0 Å². The molecule has 3 aliphatic heterocycles. The highest BCUT2D eigenvalue weighted by Gasteiger charge is 2.53. The second-order valence-corrected chi connectivity index (χ2v) is 22.1. The van der Waals surface area contributed by atoms with Crippen LogP contribution in [0.4, 0.5) is 4.79 Å². The van der Waals surface area contributed by atoms with Crippen LogP contribution >= 0.6 is 0 Å². The molecule has 10 unspecified atom stereocenters. The van der Waals surface area contributed by atoms with Gasteiger partial charge in [-0.1, -0.05) is 101 Å². The number of rotatable bonds is 9. The van der Waals surface area contributed by atoms with Gasteiger partial charge in [-0.05, 0) is 113 Å². The van der Waals surface area contributed by atoms with E-state index in [0.29, 0.717) is 75.3 Å². The third-order valence-corrected chi connectivity index (χ3v) is 16.2. The number of methoxy groups -OCH3 is 3. The van der Waals surface area contributed by atoms with Crippen molar-refractivity contribution in [3.05, 3.63) is 83.5 Å². The standard InChI is InChI=1S/C60H85N3O14/c1-36-19-13-11-14-20-37(2)50(72-8)33-45-26-24-42(7)60(71,77-45)56(67)57(68)63-28-18-17-23-47(63)58(69)75-51(34-48(64)38(3)30-41(6)54(66)55(74-10)53(65)40(5)29-36)39(4)31-43-25-27-49(52(32-43)73-9)76-59(70)62-46(35-61)44-21-15-12-16-22-44/h11-16,19-22,30,36,38-40,42-43,45-47,49-52,54-55,66,71H,17-18,23-29,31-34H2,1-10H3,(H,62,70)/b14-11+,19-13-,37-20+,41-30+/t36?,38?,39?,40-,42-,43?,45?,46?,47+,49-,50?,51?,52?,54-,55?,60-/m1/s1. The number of carbonyl (C=O) groups excluding carboxylic acids is 6. The maximum atomic E-state index is 14.6. The first kappa shape index (κ1) is 62.5. The average molecular weight is 1070 g/mol.